The molecule has 1 aromatic heterocycles. The summed E-state index contributed by atoms with van der Waals surface area (Å²) in [4.78, 5) is 31.6. The largest absolute Gasteiger partial charge is 0.477 e. The van der Waals surface area contributed by atoms with E-state index in [1.165, 1.54) is 6.20 Å². The molecule has 3 heterocycles. The first-order valence-electron chi connectivity index (χ1n) is 13.7. The molecule has 2 aliphatic heterocycles. The standard InChI is InChI=1S/C31H30ClFN4O4/c32-27-28-24(18-26(33)29(27)36-12-10-35(11-13-36)22-4-2-1-3-5-22)30(38)25(31(39)40)20-37(28)23-8-6-21(7-9-23)19-34-14-16-41-17-15-34/h1-9,18,20H,10-17,19H2,(H,39,40). The number of benzene rings is 3. The number of pyridine rings is 1. The van der Waals surface area contributed by atoms with Crippen LogP contribution in [-0.2, 0) is 11.3 Å². The molecule has 8 nitrogen and oxygen atoms in total. The third kappa shape index (κ3) is 5.40. The summed E-state index contributed by atoms with van der Waals surface area (Å²) in [5, 5.41) is 9.78. The van der Waals surface area contributed by atoms with Gasteiger partial charge in [0.05, 0.1) is 34.8 Å². The lowest BCUT2D eigenvalue weighted by atomic mass is 10.1. The Bertz CT molecular complexity index is 1630. The van der Waals surface area contributed by atoms with E-state index < -0.39 is 22.8 Å². The number of aromatic carboxylic acids is 1. The topological polar surface area (TPSA) is 78.2 Å². The number of carboxylic acids is 1. The molecule has 1 N–H and O–H groups in total. The summed E-state index contributed by atoms with van der Waals surface area (Å²) in [5.41, 5.74) is 2.09. The Kier molecular flexibility index (Phi) is 7.66. The molecule has 0 atom stereocenters. The Labute approximate surface area is 241 Å². The first kappa shape index (κ1) is 27.3. The van der Waals surface area contributed by atoms with E-state index in [2.05, 4.69) is 9.80 Å². The van der Waals surface area contributed by atoms with Gasteiger partial charge in [-0.3, -0.25) is 9.69 Å². The summed E-state index contributed by atoms with van der Waals surface area (Å²) in [6.45, 7) is 6.31. The van der Waals surface area contributed by atoms with Crippen molar-refractivity contribution >= 4 is 39.8 Å². The zero-order chi connectivity index (χ0) is 28.5. The Morgan fingerprint density at radius 1 is 0.902 bits per heavy atom. The van der Waals surface area contributed by atoms with Gasteiger partial charge in [-0.2, -0.15) is 0 Å². The van der Waals surface area contributed by atoms with Gasteiger partial charge in [0.1, 0.15) is 11.4 Å². The van der Waals surface area contributed by atoms with Gasteiger partial charge in [-0.1, -0.05) is 41.9 Å². The molecule has 0 saturated carbocycles. The van der Waals surface area contributed by atoms with Crippen LogP contribution in [0.2, 0.25) is 5.02 Å². The molecule has 2 aliphatic rings. The number of para-hydroxylation sites is 1. The Hall–Kier alpha value is -3.92. The van der Waals surface area contributed by atoms with Crippen molar-refractivity contribution in [3.8, 4) is 5.69 Å². The van der Waals surface area contributed by atoms with Gasteiger partial charge in [0.25, 0.3) is 0 Å². The lowest BCUT2D eigenvalue weighted by molar-refractivity contribution is 0.0342. The second kappa shape index (κ2) is 11.5. The Balaban J connectivity index is 1.38. The van der Waals surface area contributed by atoms with E-state index in [-0.39, 0.29) is 21.6 Å². The minimum atomic E-state index is -1.38. The van der Waals surface area contributed by atoms with Crippen molar-refractivity contribution in [2.45, 2.75) is 6.54 Å². The number of nitrogens with zero attached hydrogens (tertiary/aromatic N) is 4. The molecule has 10 heteroatoms. The van der Waals surface area contributed by atoms with Crippen molar-refractivity contribution in [3.63, 3.8) is 0 Å². The van der Waals surface area contributed by atoms with Gasteiger partial charge < -0.3 is 24.2 Å². The number of ether oxygens (including phenoxy) is 1. The van der Waals surface area contributed by atoms with Crippen molar-refractivity contribution in [1.29, 1.82) is 0 Å². The maximum atomic E-state index is 15.7. The molecule has 0 bridgehead atoms. The number of aromatic nitrogens is 1. The van der Waals surface area contributed by atoms with Crippen LogP contribution < -0.4 is 15.2 Å². The molecule has 0 unspecified atom stereocenters. The van der Waals surface area contributed by atoms with Crippen LogP contribution in [0.3, 0.4) is 0 Å². The molecule has 4 aromatic rings. The van der Waals surface area contributed by atoms with E-state index in [4.69, 9.17) is 16.3 Å². The van der Waals surface area contributed by atoms with Crippen LogP contribution in [0.15, 0.2) is 71.7 Å². The normalized spacial score (nSPS) is 16.3. The number of rotatable bonds is 6. The van der Waals surface area contributed by atoms with Crippen LogP contribution >= 0.6 is 11.6 Å². The second-order valence-corrected chi connectivity index (χ2v) is 10.7. The van der Waals surface area contributed by atoms with E-state index >= 15 is 4.39 Å². The maximum absolute atomic E-state index is 15.7. The van der Waals surface area contributed by atoms with Gasteiger partial charge in [-0.05, 0) is 35.9 Å². The van der Waals surface area contributed by atoms with Gasteiger partial charge in [0.15, 0.2) is 0 Å². The van der Waals surface area contributed by atoms with Crippen molar-refractivity contribution in [1.82, 2.24) is 9.47 Å². The van der Waals surface area contributed by atoms with Crippen LogP contribution in [0.4, 0.5) is 15.8 Å². The number of halogens is 2. The molecule has 2 saturated heterocycles. The highest BCUT2D eigenvalue weighted by Crippen LogP contribution is 2.37. The minimum absolute atomic E-state index is 0.0727. The highest BCUT2D eigenvalue weighted by molar-refractivity contribution is 6.38. The van der Waals surface area contributed by atoms with Gasteiger partial charge in [0, 0.05) is 63.4 Å². The number of morpholine rings is 1. The number of hydrogen-bond acceptors (Lipinski definition) is 6. The number of anilines is 2. The molecule has 41 heavy (non-hydrogen) atoms. The molecule has 3 aromatic carbocycles. The zero-order valence-corrected chi connectivity index (χ0v) is 23.2. The smallest absolute Gasteiger partial charge is 0.341 e. The van der Waals surface area contributed by atoms with E-state index in [1.54, 1.807) is 4.57 Å². The molecule has 0 radical (unpaired) electrons. The van der Waals surface area contributed by atoms with Crippen LogP contribution in [0.5, 0.6) is 0 Å². The quantitative estimate of drug-likeness (QED) is 0.358. The fraction of sp³-hybridized carbons (Fsp3) is 0.290. The first-order valence-corrected chi connectivity index (χ1v) is 14.0. The van der Waals surface area contributed by atoms with Crippen molar-refractivity contribution in [2.75, 3.05) is 62.3 Å². The Morgan fingerprint density at radius 3 is 2.22 bits per heavy atom. The monoisotopic (exact) mass is 576 g/mol. The molecule has 2 fully saturated rings. The molecule has 0 aliphatic carbocycles. The number of fused-ring (bicyclic) bond motifs is 1. The molecule has 6 rings (SSSR count). The van der Waals surface area contributed by atoms with Crippen molar-refractivity contribution in [2.24, 2.45) is 0 Å². The molecular weight excluding hydrogens is 547 g/mol. The summed E-state index contributed by atoms with van der Waals surface area (Å²) in [5.74, 6) is -2.03. The van der Waals surface area contributed by atoms with Crippen molar-refractivity contribution in [3.05, 3.63) is 99.1 Å². The summed E-state index contributed by atoms with van der Waals surface area (Å²) >= 11 is 6.93. The van der Waals surface area contributed by atoms with E-state index in [9.17, 15) is 14.7 Å². The average molecular weight is 577 g/mol. The van der Waals surface area contributed by atoms with Gasteiger partial charge >= 0.3 is 5.97 Å². The number of carboxylic acid groups (broad SMARTS) is 1. The summed E-state index contributed by atoms with van der Waals surface area (Å²) in [6, 6.07) is 18.8. The van der Waals surface area contributed by atoms with Crippen LogP contribution in [0, 0.1) is 5.82 Å². The Morgan fingerprint density at radius 2 is 1.56 bits per heavy atom. The molecule has 0 spiro atoms. The third-order valence-corrected chi connectivity index (χ3v) is 8.19. The predicted octanol–water partition coefficient (Wildman–Crippen LogP) is 4.64. The molecule has 212 valence electrons. The zero-order valence-electron chi connectivity index (χ0n) is 22.4. The summed E-state index contributed by atoms with van der Waals surface area (Å²) < 4.78 is 22.7. The molecular formula is C31H30ClFN4O4. The van der Waals surface area contributed by atoms with Crippen LogP contribution in [0.25, 0.3) is 16.6 Å². The lowest BCUT2D eigenvalue weighted by Crippen LogP contribution is -2.47. The minimum Gasteiger partial charge on any atom is -0.477 e. The van der Waals surface area contributed by atoms with Gasteiger partial charge in [0.2, 0.25) is 5.43 Å². The highest BCUT2D eigenvalue weighted by Gasteiger charge is 2.27. The lowest BCUT2D eigenvalue weighted by Gasteiger charge is -2.38. The fourth-order valence-corrected chi connectivity index (χ4v) is 6.06. The second-order valence-electron chi connectivity index (χ2n) is 10.3. The fourth-order valence-electron chi connectivity index (χ4n) is 5.66. The third-order valence-electron chi connectivity index (χ3n) is 7.83. The highest BCUT2D eigenvalue weighted by atomic mass is 35.5. The summed E-state index contributed by atoms with van der Waals surface area (Å²) in [7, 11) is 0. The first-order chi connectivity index (χ1) is 19.9. The maximum Gasteiger partial charge on any atom is 0.341 e. The van der Waals surface area contributed by atoms with Crippen LogP contribution in [-0.4, -0.2) is 73.0 Å². The van der Waals surface area contributed by atoms with Gasteiger partial charge in [-0.15, -0.1) is 0 Å². The predicted molar refractivity (Wildman–Crippen MR) is 158 cm³/mol. The SMILES string of the molecule is O=C(O)c1cn(-c2ccc(CN3CCOCC3)cc2)c2c(Cl)c(N3CCN(c4ccccc4)CC3)c(F)cc2c1=O. The summed E-state index contributed by atoms with van der Waals surface area (Å²) in [6.07, 6.45) is 1.28. The number of carbonyl (C=O) groups is 1. The molecule has 0 amide bonds. The number of hydrogen-bond donors (Lipinski definition) is 1. The number of piperazine rings is 1. The van der Waals surface area contributed by atoms with Crippen LogP contribution in [0.1, 0.15) is 15.9 Å². The average Bonchev–Trinajstić information content (AvgIpc) is 2.99. The van der Waals surface area contributed by atoms with Crippen molar-refractivity contribution < 1.29 is 19.0 Å². The van der Waals surface area contributed by atoms with Gasteiger partial charge in [-0.25, -0.2) is 9.18 Å². The van der Waals surface area contributed by atoms with E-state index in [0.29, 0.717) is 45.1 Å². The van der Waals surface area contributed by atoms with E-state index in [1.807, 2.05) is 59.5 Å². The van der Waals surface area contributed by atoms with E-state index in [0.717, 1.165) is 37.0 Å².